The number of rotatable bonds is 7. The molecule has 2 atom stereocenters. The van der Waals surface area contributed by atoms with Gasteiger partial charge in [-0.1, -0.05) is 24.3 Å². The van der Waals surface area contributed by atoms with Crippen molar-refractivity contribution in [2.45, 2.75) is 29.5 Å². The van der Waals surface area contributed by atoms with E-state index in [2.05, 4.69) is 43.1 Å². The van der Waals surface area contributed by atoms with E-state index in [9.17, 15) is 28.8 Å². The Morgan fingerprint density at radius 3 is 2.04 bits per heavy atom. The molecular weight excluding hydrogens is 602 g/mol. The first-order chi connectivity index (χ1) is 21.5. The Hall–Kier alpha value is -5.12. The van der Waals surface area contributed by atoms with Gasteiger partial charge in [0.25, 0.3) is 5.91 Å². The molecule has 0 radical (unpaired) electrons. The Balaban J connectivity index is 1.89. The molecule has 2 aromatic carbocycles. The average molecular weight is 641 g/mol. The number of hydrogen-bond acceptors (Lipinski definition) is 7. The van der Waals surface area contributed by atoms with Crippen molar-refractivity contribution in [3.05, 3.63) is 59.7 Å². The SMILES string of the molecule is C[S+](Cc1ccc2cc1C(=O)NCC(=O)NCC(=O)NCC(=O)NCC(=O)N[C@@H](CCCN=C(N)N)C(=O)N2)c1ccccc1. The minimum atomic E-state index is -1.03. The molecule has 45 heavy (non-hydrogen) atoms. The second kappa shape index (κ2) is 17.2. The summed E-state index contributed by atoms with van der Waals surface area (Å²) in [6.07, 6.45) is 2.56. The minimum absolute atomic E-state index is 0.111. The van der Waals surface area contributed by atoms with Gasteiger partial charge in [-0.25, -0.2) is 0 Å². The maximum absolute atomic E-state index is 13.3. The van der Waals surface area contributed by atoms with E-state index in [0.717, 1.165) is 4.90 Å². The third-order valence-electron chi connectivity index (χ3n) is 6.48. The van der Waals surface area contributed by atoms with E-state index < -0.39 is 67.7 Å². The van der Waals surface area contributed by atoms with Crippen molar-refractivity contribution in [3.63, 3.8) is 0 Å². The quantitative estimate of drug-likeness (QED) is 0.0732. The Morgan fingerprint density at radius 1 is 0.822 bits per heavy atom. The summed E-state index contributed by atoms with van der Waals surface area (Å²) in [5, 5.41) is 15.0. The van der Waals surface area contributed by atoms with Crippen LogP contribution in [0, 0.1) is 0 Å². The fourth-order valence-corrected chi connectivity index (χ4v) is 5.69. The van der Waals surface area contributed by atoms with Crippen molar-refractivity contribution < 1.29 is 28.8 Å². The van der Waals surface area contributed by atoms with E-state index in [1.54, 1.807) is 12.1 Å². The molecule has 0 saturated carbocycles. The molecule has 2 bridgehead atoms. The number of benzene rings is 2. The van der Waals surface area contributed by atoms with Gasteiger partial charge >= 0.3 is 0 Å². The van der Waals surface area contributed by atoms with Gasteiger partial charge in [0, 0.05) is 34.3 Å². The number of aliphatic imine (C=N–C) groups is 1. The number of nitrogens with one attached hydrogen (secondary N) is 6. The molecule has 16 heteroatoms. The van der Waals surface area contributed by atoms with Gasteiger partial charge in [-0.3, -0.25) is 33.8 Å². The second-order valence-electron chi connectivity index (χ2n) is 10.0. The van der Waals surface area contributed by atoms with E-state index in [1.807, 2.05) is 30.3 Å². The van der Waals surface area contributed by atoms with E-state index in [0.29, 0.717) is 17.7 Å². The second-order valence-corrected chi connectivity index (χ2v) is 12.1. The molecule has 0 aliphatic carbocycles. The molecule has 1 heterocycles. The first-order valence-electron chi connectivity index (χ1n) is 14.1. The van der Waals surface area contributed by atoms with E-state index in [1.165, 1.54) is 6.07 Å². The van der Waals surface area contributed by atoms with Gasteiger partial charge in [0.15, 0.2) is 10.9 Å². The average Bonchev–Trinajstić information content (AvgIpc) is 3.02. The number of guanidine groups is 1. The zero-order valence-electron chi connectivity index (χ0n) is 24.8. The monoisotopic (exact) mass is 640 g/mol. The third kappa shape index (κ3) is 11.8. The summed E-state index contributed by atoms with van der Waals surface area (Å²) in [6, 6.07) is 13.7. The van der Waals surface area contributed by atoms with Crippen molar-refractivity contribution in [3.8, 4) is 0 Å². The van der Waals surface area contributed by atoms with Crippen molar-refractivity contribution in [2.24, 2.45) is 16.5 Å². The lowest BCUT2D eigenvalue weighted by atomic mass is 10.1. The predicted molar refractivity (Wildman–Crippen MR) is 170 cm³/mol. The van der Waals surface area contributed by atoms with Crippen LogP contribution in [0.2, 0.25) is 0 Å². The maximum Gasteiger partial charge on any atom is 0.252 e. The van der Waals surface area contributed by atoms with Gasteiger partial charge in [0.1, 0.15) is 18.1 Å². The number of amides is 6. The number of nitrogens with zero attached hydrogens (tertiary/aromatic N) is 1. The van der Waals surface area contributed by atoms with Crippen LogP contribution >= 0.6 is 0 Å². The smallest absolute Gasteiger partial charge is 0.252 e. The van der Waals surface area contributed by atoms with Gasteiger partial charge in [0.05, 0.1) is 26.2 Å². The Bertz CT molecular complexity index is 1430. The molecule has 0 fully saturated rings. The maximum atomic E-state index is 13.3. The van der Waals surface area contributed by atoms with Crippen LogP contribution in [0.4, 0.5) is 5.69 Å². The summed E-state index contributed by atoms with van der Waals surface area (Å²) in [4.78, 5) is 80.8. The van der Waals surface area contributed by atoms with Crippen LogP contribution < -0.4 is 43.4 Å². The first kappa shape index (κ1) is 34.4. The molecule has 2 aromatic rings. The van der Waals surface area contributed by atoms with Crippen LogP contribution in [-0.2, 0) is 40.6 Å². The molecule has 6 amide bonds. The molecule has 1 aliphatic rings. The molecule has 1 unspecified atom stereocenters. The number of hydrogen-bond donors (Lipinski definition) is 8. The highest BCUT2D eigenvalue weighted by Crippen LogP contribution is 2.23. The third-order valence-corrected chi connectivity index (χ3v) is 8.31. The van der Waals surface area contributed by atoms with Gasteiger partial charge in [-0.2, -0.15) is 0 Å². The summed E-state index contributed by atoms with van der Waals surface area (Å²) in [7, 11) is -0.269. The van der Waals surface area contributed by atoms with Crippen molar-refractivity contribution in [2.75, 3.05) is 44.3 Å². The van der Waals surface area contributed by atoms with Crippen molar-refractivity contribution >= 4 is 58.0 Å². The Kier molecular flexibility index (Phi) is 13.2. The van der Waals surface area contributed by atoms with Crippen LogP contribution in [0.25, 0.3) is 0 Å². The Morgan fingerprint density at radius 2 is 1.42 bits per heavy atom. The van der Waals surface area contributed by atoms with Crippen molar-refractivity contribution in [1.82, 2.24) is 26.6 Å². The van der Waals surface area contributed by atoms with Crippen LogP contribution in [0.15, 0.2) is 58.4 Å². The zero-order valence-corrected chi connectivity index (χ0v) is 25.6. The lowest BCUT2D eigenvalue weighted by Gasteiger charge is -2.19. The highest BCUT2D eigenvalue weighted by atomic mass is 32.2. The predicted octanol–water partition coefficient (Wildman–Crippen LogP) is -1.94. The van der Waals surface area contributed by atoms with Crippen LogP contribution in [0.5, 0.6) is 0 Å². The van der Waals surface area contributed by atoms with E-state index >= 15 is 0 Å². The lowest BCUT2D eigenvalue weighted by molar-refractivity contribution is -0.129. The Labute approximate surface area is 263 Å². The number of carbonyl (C=O) groups excluding carboxylic acids is 6. The van der Waals surface area contributed by atoms with E-state index in [4.69, 9.17) is 11.5 Å². The number of anilines is 1. The van der Waals surface area contributed by atoms with Gasteiger partial charge in [-0.05, 0) is 37.1 Å². The highest BCUT2D eigenvalue weighted by molar-refractivity contribution is 7.95. The number of carbonyl (C=O) groups is 6. The van der Waals surface area contributed by atoms with Crippen molar-refractivity contribution in [1.29, 1.82) is 0 Å². The number of nitrogens with two attached hydrogens (primary N) is 2. The summed E-state index contributed by atoms with van der Waals surface area (Å²) in [5.41, 5.74) is 12.0. The molecule has 15 nitrogen and oxygen atoms in total. The normalized spacial score (nSPS) is 17.8. The number of fused-ring (bicyclic) bond motifs is 2. The molecule has 0 aromatic heterocycles. The summed E-state index contributed by atoms with van der Waals surface area (Å²) in [5.74, 6) is -3.30. The first-order valence-corrected chi connectivity index (χ1v) is 15.9. The largest absolute Gasteiger partial charge is 0.370 e. The van der Waals surface area contributed by atoms with Crippen LogP contribution in [0.3, 0.4) is 0 Å². The molecule has 1 aliphatic heterocycles. The molecule has 0 saturated heterocycles. The van der Waals surface area contributed by atoms with Gasteiger partial charge in [0.2, 0.25) is 29.5 Å². The summed E-state index contributed by atoms with van der Waals surface area (Å²) in [6.45, 7) is -1.52. The lowest BCUT2D eigenvalue weighted by Crippen LogP contribution is -2.49. The minimum Gasteiger partial charge on any atom is -0.370 e. The van der Waals surface area contributed by atoms with E-state index in [-0.39, 0.29) is 41.1 Å². The van der Waals surface area contributed by atoms with Gasteiger partial charge in [-0.15, -0.1) is 0 Å². The summed E-state index contributed by atoms with van der Waals surface area (Å²) >= 11 is 0. The topological polar surface area (TPSA) is 239 Å². The molecule has 0 spiro atoms. The van der Waals surface area contributed by atoms with Gasteiger partial charge < -0.3 is 43.4 Å². The van der Waals surface area contributed by atoms with Crippen LogP contribution in [-0.4, -0.2) is 86.4 Å². The molecule has 3 rings (SSSR count). The molecule has 240 valence electrons. The molecule has 10 N–H and O–H groups in total. The molecular formula is C29H38N9O6S+. The highest BCUT2D eigenvalue weighted by Gasteiger charge is 2.24. The zero-order chi connectivity index (χ0) is 32.8. The fraction of sp³-hybridized carbons (Fsp3) is 0.345. The van der Waals surface area contributed by atoms with Crippen LogP contribution in [0.1, 0.15) is 28.8 Å². The standard InChI is InChI=1S/C29H37N9O6S/c1-45(20-6-3-2-4-7-20)17-18-9-10-19-12-21(18)27(43)36-15-25(41)34-13-23(39)33-14-24(40)35-16-26(42)38-22(28(44)37-19)8-5-11-32-29(30)31/h2-4,6-7,9-10,12,22H,5,8,11,13-17H2,1H3,(H9-,30,31,32,33,34,35,36,37,38,39,40,41,42,43,44)/p+1/t22-,45?/m0/s1. The summed E-state index contributed by atoms with van der Waals surface area (Å²) < 4.78 is 0. The fourth-order valence-electron chi connectivity index (χ4n) is 4.19.